The summed E-state index contributed by atoms with van der Waals surface area (Å²) < 4.78 is 33.8. The number of aliphatic carboxylic acids is 1. The first-order valence-corrected chi connectivity index (χ1v) is 10.5. The van der Waals surface area contributed by atoms with Gasteiger partial charge in [-0.1, -0.05) is 48.5 Å². The van der Waals surface area contributed by atoms with Crippen molar-refractivity contribution in [3.05, 3.63) is 88.7 Å². The predicted octanol–water partition coefficient (Wildman–Crippen LogP) is 5.62. The van der Waals surface area contributed by atoms with Gasteiger partial charge in [0.1, 0.15) is 18.2 Å². The van der Waals surface area contributed by atoms with Crippen molar-refractivity contribution in [2.75, 3.05) is 6.67 Å². The Morgan fingerprint density at radius 3 is 2.56 bits per heavy atom. The fourth-order valence-electron chi connectivity index (χ4n) is 3.66. The largest absolute Gasteiger partial charge is 0.489 e. The summed E-state index contributed by atoms with van der Waals surface area (Å²) in [6.07, 6.45) is 0.738. The predicted molar refractivity (Wildman–Crippen MR) is 121 cm³/mol. The zero-order valence-corrected chi connectivity index (χ0v) is 18.0. The summed E-state index contributed by atoms with van der Waals surface area (Å²) in [6.45, 7) is 1.46. The zero-order valence-electron chi connectivity index (χ0n) is 18.0. The van der Waals surface area contributed by atoms with E-state index in [-0.39, 0.29) is 18.8 Å². The summed E-state index contributed by atoms with van der Waals surface area (Å²) in [5, 5.41) is 9.11. The number of carboxylic acids is 1. The van der Waals surface area contributed by atoms with E-state index in [0.29, 0.717) is 40.8 Å². The molecule has 1 atom stereocenters. The molecule has 32 heavy (non-hydrogen) atoms. The van der Waals surface area contributed by atoms with Crippen molar-refractivity contribution in [1.29, 1.82) is 0 Å². The minimum absolute atomic E-state index is 0.146. The van der Waals surface area contributed by atoms with Crippen LogP contribution in [0, 0.1) is 5.82 Å². The Bertz CT molecular complexity index is 1080. The van der Waals surface area contributed by atoms with Gasteiger partial charge in [0.25, 0.3) is 0 Å². The highest BCUT2D eigenvalue weighted by atomic mass is 19.1. The Labute approximate surface area is 186 Å². The summed E-state index contributed by atoms with van der Waals surface area (Å²) in [5.74, 6) is -0.833. The van der Waals surface area contributed by atoms with E-state index in [1.807, 2.05) is 18.2 Å². The molecular weight excluding hydrogens is 412 g/mol. The van der Waals surface area contributed by atoms with Crippen LogP contribution in [0.25, 0.3) is 11.1 Å². The van der Waals surface area contributed by atoms with Crippen molar-refractivity contribution in [3.8, 4) is 16.9 Å². The van der Waals surface area contributed by atoms with Crippen LogP contribution in [-0.4, -0.2) is 17.8 Å². The number of para-hydroxylation sites is 1. The summed E-state index contributed by atoms with van der Waals surface area (Å²) in [6, 6.07) is 17.3. The number of alkyl halides is 1. The number of hydrogen-bond donors (Lipinski definition) is 2. The van der Waals surface area contributed by atoms with Crippen LogP contribution in [0.4, 0.5) is 8.78 Å². The number of halogens is 2. The van der Waals surface area contributed by atoms with E-state index in [1.165, 1.54) is 0 Å². The topological polar surface area (TPSA) is 72.5 Å². The van der Waals surface area contributed by atoms with Crippen molar-refractivity contribution in [2.45, 2.75) is 38.8 Å². The van der Waals surface area contributed by atoms with Gasteiger partial charge in [0, 0.05) is 22.7 Å². The van der Waals surface area contributed by atoms with E-state index in [4.69, 9.17) is 15.6 Å². The molecule has 3 N–H and O–H groups in total. The number of carboxylic acid groups (broad SMARTS) is 1. The van der Waals surface area contributed by atoms with E-state index in [1.54, 1.807) is 49.4 Å². The van der Waals surface area contributed by atoms with Crippen LogP contribution in [0.1, 0.15) is 41.6 Å². The van der Waals surface area contributed by atoms with Crippen LogP contribution in [-0.2, 0) is 24.2 Å². The minimum atomic E-state index is -0.943. The molecule has 3 aromatic carbocycles. The maximum atomic E-state index is 15.1. The normalized spacial score (nSPS) is 11.9. The molecule has 0 amide bonds. The lowest BCUT2D eigenvalue weighted by molar-refractivity contribution is -0.136. The standard InChI is InChI=1S/C26H27F2NO3/c1-17(29)22-8-4-9-23(26(22)28)21-13-18(6-5-11-27)12-19(14-21)16-32-24-10-3-2-7-20(24)15-25(30)31/h2-4,7-10,12-14,17H,5-6,11,15-16,29H2,1H3,(H,30,31)/t17-/m0/s1. The van der Waals surface area contributed by atoms with Gasteiger partial charge in [0.2, 0.25) is 0 Å². The molecule has 0 bridgehead atoms. The van der Waals surface area contributed by atoms with E-state index in [9.17, 15) is 9.18 Å². The van der Waals surface area contributed by atoms with Gasteiger partial charge in [0.15, 0.2) is 0 Å². The molecule has 0 aliphatic heterocycles. The molecule has 0 spiro atoms. The van der Waals surface area contributed by atoms with Crippen LogP contribution in [0.3, 0.4) is 0 Å². The highest BCUT2D eigenvalue weighted by Gasteiger charge is 2.15. The molecule has 3 aromatic rings. The lowest BCUT2D eigenvalue weighted by Crippen LogP contribution is -2.08. The Balaban J connectivity index is 1.94. The average molecular weight is 440 g/mol. The third-order valence-corrected chi connectivity index (χ3v) is 5.19. The van der Waals surface area contributed by atoms with Gasteiger partial charge >= 0.3 is 5.97 Å². The third kappa shape index (κ3) is 5.92. The minimum Gasteiger partial charge on any atom is -0.489 e. The lowest BCUT2D eigenvalue weighted by Gasteiger charge is -2.15. The molecule has 0 radical (unpaired) electrons. The van der Waals surface area contributed by atoms with Gasteiger partial charge in [-0.25, -0.2) is 4.39 Å². The first-order valence-electron chi connectivity index (χ1n) is 10.5. The number of aryl methyl sites for hydroxylation is 1. The number of carbonyl (C=O) groups is 1. The smallest absolute Gasteiger partial charge is 0.307 e. The second-order valence-corrected chi connectivity index (χ2v) is 7.80. The second kappa shape index (κ2) is 10.9. The van der Waals surface area contributed by atoms with Gasteiger partial charge in [-0.2, -0.15) is 0 Å². The summed E-state index contributed by atoms with van der Waals surface area (Å²) in [5.41, 5.74) is 9.66. The molecule has 0 fully saturated rings. The van der Waals surface area contributed by atoms with Crippen molar-refractivity contribution in [2.24, 2.45) is 5.73 Å². The van der Waals surface area contributed by atoms with Crippen molar-refractivity contribution < 1.29 is 23.4 Å². The van der Waals surface area contributed by atoms with Crippen LogP contribution in [0.15, 0.2) is 60.7 Å². The summed E-state index contributed by atoms with van der Waals surface area (Å²) in [4.78, 5) is 11.1. The molecule has 0 aliphatic carbocycles. The Morgan fingerprint density at radius 1 is 1.09 bits per heavy atom. The van der Waals surface area contributed by atoms with Crippen molar-refractivity contribution in [3.63, 3.8) is 0 Å². The van der Waals surface area contributed by atoms with Crippen LogP contribution in [0.5, 0.6) is 5.75 Å². The van der Waals surface area contributed by atoms with Crippen LogP contribution >= 0.6 is 0 Å². The van der Waals surface area contributed by atoms with Gasteiger partial charge in [-0.3, -0.25) is 9.18 Å². The van der Waals surface area contributed by atoms with E-state index in [2.05, 4.69) is 0 Å². The maximum absolute atomic E-state index is 15.1. The van der Waals surface area contributed by atoms with Gasteiger partial charge < -0.3 is 15.6 Å². The van der Waals surface area contributed by atoms with Gasteiger partial charge in [-0.05, 0) is 48.6 Å². The average Bonchev–Trinajstić information content (AvgIpc) is 2.76. The maximum Gasteiger partial charge on any atom is 0.307 e. The third-order valence-electron chi connectivity index (χ3n) is 5.19. The molecule has 0 aliphatic rings. The zero-order chi connectivity index (χ0) is 23.1. The summed E-state index contributed by atoms with van der Waals surface area (Å²) >= 11 is 0. The highest BCUT2D eigenvalue weighted by molar-refractivity contribution is 5.71. The Morgan fingerprint density at radius 2 is 1.84 bits per heavy atom. The molecule has 0 saturated carbocycles. The van der Waals surface area contributed by atoms with E-state index in [0.717, 1.165) is 11.1 Å². The number of ether oxygens (including phenoxy) is 1. The number of rotatable bonds is 10. The van der Waals surface area contributed by atoms with E-state index < -0.39 is 18.7 Å². The van der Waals surface area contributed by atoms with Crippen LogP contribution < -0.4 is 10.5 Å². The summed E-state index contributed by atoms with van der Waals surface area (Å²) in [7, 11) is 0. The number of nitrogens with two attached hydrogens (primary N) is 1. The first kappa shape index (κ1) is 23.4. The molecule has 0 saturated heterocycles. The number of hydrogen-bond acceptors (Lipinski definition) is 3. The molecule has 168 valence electrons. The SMILES string of the molecule is C[C@H](N)c1cccc(-c2cc(CCCF)cc(COc3ccccc3CC(=O)O)c2)c1F. The molecule has 0 heterocycles. The molecule has 4 nitrogen and oxygen atoms in total. The molecule has 0 aromatic heterocycles. The lowest BCUT2D eigenvalue weighted by atomic mass is 9.95. The van der Waals surface area contributed by atoms with Crippen LogP contribution in [0.2, 0.25) is 0 Å². The quantitative estimate of drug-likeness (QED) is 0.430. The molecule has 3 rings (SSSR count). The fraction of sp³-hybridized carbons (Fsp3) is 0.269. The number of benzene rings is 3. The Hall–Kier alpha value is -3.25. The fourth-order valence-corrected chi connectivity index (χ4v) is 3.66. The second-order valence-electron chi connectivity index (χ2n) is 7.80. The van der Waals surface area contributed by atoms with E-state index >= 15 is 4.39 Å². The molecule has 0 unspecified atom stereocenters. The van der Waals surface area contributed by atoms with Crippen molar-refractivity contribution >= 4 is 5.97 Å². The Kier molecular flexibility index (Phi) is 7.95. The monoisotopic (exact) mass is 439 g/mol. The molecular formula is C26H27F2NO3. The van der Waals surface area contributed by atoms with Gasteiger partial charge in [-0.15, -0.1) is 0 Å². The van der Waals surface area contributed by atoms with Gasteiger partial charge in [0.05, 0.1) is 13.1 Å². The molecule has 6 heteroatoms. The highest BCUT2D eigenvalue weighted by Crippen LogP contribution is 2.30. The van der Waals surface area contributed by atoms with Crippen molar-refractivity contribution in [1.82, 2.24) is 0 Å². The first-order chi connectivity index (χ1) is 15.4.